The van der Waals surface area contributed by atoms with E-state index in [0.29, 0.717) is 17.0 Å². The number of nitrogens with one attached hydrogen (secondary N) is 1. The van der Waals surface area contributed by atoms with Crippen LogP contribution in [-0.4, -0.2) is 20.6 Å². The van der Waals surface area contributed by atoms with Gasteiger partial charge in [0.15, 0.2) is 9.84 Å². The molecule has 1 atom stereocenters. The van der Waals surface area contributed by atoms with Crippen molar-refractivity contribution in [3.63, 3.8) is 0 Å². The molecule has 2 aromatic rings. The number of hydrogen-bond donors (Lipinski definition) is 1. The molecule has 5 heteroatoms. The van der Waals surface area contributed by atoms with Crippen LogP contribution in [0.1, 0.15) is 85.0 Å². The third-order valence-electron chi connectivity index (χ3n) is 5.94. The first-order chi connectivity index (χ1) is 14.2. The van der Waals surface area contributed by atoms with Crippen molar-refractivity contribution in [2.45, 2.75) is 63.7 Å². The number of benzene rings is 2. The molecule has 0 aromatic heterocycles. The molecule has 4 nitrogen and oxygen atoms in total. The summed E-state index contributed by atoms with van der Waals surface area (Å²) in [6, 6.07) is 15.5. The van der Waals surface area contributed by atoms with Gasteiger partial charge in [0.1, 0.15) is 0 Å². The SMILES string of the molecule is CC(C)C(NC(=O)c1cccc(CS(C)(=O)=O)c1)c1ccc(C2CCCCC2)cc1. The minimum atomic E-state index is -3.14. The lowest BCUT2D eigenvalue weighted by molar-refractivity contribution is 0.0925. The molecule has 162 valence electrons. The lowest BCUT2D eigenvalue weighted by atomic mass is 9.83. The lowest BCUT2D eigenvalue weighted by Crippen LogP contribution is -2.31. The van der Waals surface area contributed by atoms with Gasteiger partial charge in [-0.15, -0.1) is 0 Å². The summed E-state index contributed by atoms with van der Waals surface area (Å²) in [5.74, 6) is 0.649. The second-order valence-electron chi connectivity index (χ2n) is 8.97. The van der Waals surface area contributed by atoms with Crippen molar-refractivity contribution in [1.29, 1.82) is 0 Å². The van der Waals surface area contributed by atoms with E-state index in [9.17, 15) is 13.2 Å². The Morgan fingerprint density at radius 1 is 1.03 bits per heavy atom. The number of carbonyl (C=O) groups excluding carboxylic acids is 1. The minimum Gasteiger partial charge on any atom is -0.345 e. The summed E-state index contributed by atoms with van der Waals surface area (Å²) in [6.07, 6.45) is 7.72. The van der Waals surface area contributed by atoms with Crippen LogP contribution in [0.3, 0.4) is 0 Å². The van der Waals surface area contributed by atoms with E-state index in [1.807, 2.05) is 0 Å². The molecule has 30 heavy (non-hydrogen) atoms. The first-order valence-corrected chi connectivity index (χ1v) is 13.0. The fraction of sp³-hybridized carbons (Fsp3) is 0.480. The van der Waals surface area contributed by atoms with Crippen molar-refractivity contribution in [2.75, 3.05) is 6.26 Å². The molecule has 1 saturated carbocycles. The highest BCUT2D eigenvalue weighted by Crippen LogP contribution is 2.33. The van der Waals surface area contributed by atoms with E-state index in [4.69, 9.17) is 0 Å². The molecule has 1 fully saturated rings. The highest BCUT2D eigenvalue weighted by Gasteiger charge is 2.21. The Morgan fingerprint density at radius 2 is 1.70 bits per heavy atom. The molecule has 3 rings (SSSR count). The van der Waals surface area contributed by atoms with Gasteiger partial charge in [0.05, 0.1) is 11.8 Å². The Morgan fingerprint density at radius 3 is 2.30 bits per heavy atom. The maximum absolute atomic E-state index is 12.9. The summed E-state index contributed by atoms with van der Waals surface area (Å²) in [5.41, 5.74) is 3.62. The van der Waals surface area contributed by atoms with Gasteiger partial charge in [-0.2, -0.15) is 0 Å². The smallest absolute Gasteiger partial charge is 0.251 e. The van der Waals surface area contributed by atoms with E-state index in [1.165, 1.54) is 43.9 Å². The van der Waals surface area contributed by atoms with Gasteiger partial charge in [-0.1, -0.05) is 69.5 Å². The van der Waals surface area contributed by atoms with E-state index >= 15 is 0 Å². The van der Waals surface area contributed by atoms with Crippen LogP contribution in [0.2, 0.25) is 0 Å². The maximum Gasteiger partial charge on any atom is 0.251 e. The number of hydrogen-bond acceptors (Lipinski definition) is 3. The maximum atomic E-state index is 12.9. The van der Waals surface area contributed by atoms with Gasteiger partial charge in [0, 0.05) is 11.8 Å². The van der Waals surface area contributed by atoms with E-state index < -0.39 is 9.84 Å². The summed E-state index contributed by atoms with van der Waals surface area (Å²) >= 11 is 0. The topological polar surface area (TPSA) is 63.2 Å². The zero-order valence-corrected chi connectivity index (χ0v) is 19.0. The molecule has 1 aliphatic rings. The van der Waals surface area contributed by atoms with E-state index in [2.05, 4.69) is 43.4 Å². The average molecular weight is 428 g/mol. The second kappa shape index (κ2) is 9.78. The lowest BCUT2D eigenvalue weighted by Gasteiger charge is -2.25. The number of rotatable bonds is 7. The molecule has 0 heterocycles. The normalized spacial score (nSPS) is 16.4. The molecule has 0 spiro atoms. The predicted molar refractivity (Wildman–Crippen MR) is 122 cm³/mol. The van der Waals surface area contributed by atoms with Crippen LogP contribution in [0.25, 0.3) is 0 Å². The van der Waals surface area contributed by atoms with E-state index in [0.717, 1.165) is 5.56 Å². The quantitative estimate of drug-likeness (QED) is 0.643. The zero-order valence-electron chi connectivity index (χ0n) is 18.2. The molecule has 1 N–H and O–H groups in total. The van der Waals surface area contributed by atoms with Crippen LogP contribution in [0, 0.1) is 5.92 Å². The zero-order chi connectivity index (χ0) is 21.7. The Hall–Kier alpha value is -2.14. The van der Waals surface area contributed by atoms with Gasteiger partial charge in [0.25, 0.3) is 5.91 Å². The molecule has 2 aromatic carbocycles. The summed E-state index contributed by atoms with van der Waals surface area (Å²) in [7, 11) is -3.14. The summed E-state index contributed by atoms with van der Waals surface area (Å²) in [4.78, 5) is 12.9. The largest absolute Gasteiger partial charge is 0.345 e. The molecule has 0 radical (unpaired) electrons. The predicted octanol–water partition coefficient (Wildman–Crippen LogP) is 5.41. The molecule has 1 amide bonds. The summed E-state index contributed by atoms with van der Waals surface area (Å²) in [6.45, 7) is 4.19. The first kappa shape index (κ1) is 22.5. The molecule has 0 saturated heterocycles. The molecule has 1 aliphatic carbocycles. The molecule has 0 aliphatic heterocycles. The van der Waals surface area contributed by atoms with Gasteiger partial charge >= 0.3 is 0 Å². The van der Waals surface area contributed by atoms with Crippen LogP contribution in [0.4, 0.5) is 0 Å². The van der Waals surface area contributed by atoms with Crippen molar-refractivity contribution >= 4 is 15.7 Å². The van der Waals surface area contributed by atoms with Crippen molar-refractivity contribution in [3.05, 3.63) is 70.8 Å². The van der Waals surface area contributed by atoms with Crippen LogP contribution in [0.15, 0.2) is 48.5 Å². The van der Waals surface area contributed by atoms with Gasteiger partial charge in [-0.25, -0.2) is 8.42 Å². The standard InChI is InChI=1S/C25H33NO3S/c1-18(2)24(22-14-12-21(13-15-22)20-9-5-4-6-10-20)26-25(27)23-11-7-8-19(16-23)17-30(3,28)29/h7-8,11-16,18,20,24H,4-6,9-10,17H2,1-3H3,(H,26,27). The fourth-order valence-electron chi connectivity index (χ4n) is 4.38. The van der Waals surface area contributed by atoms with Gasteiger partial charge in [-0.05, 0) is 53.5 Å². The van der Waals surface area contributed by atoms with E-state index in [-0.39, 0.29) is 23.6 Å². The number of amides is 1. The van der Waals surface area contributed by atoms with Crippen molar-refractivity contribution in [3.8, 4) is 0 Å². The summed E-state index contributed by atoms with van der Waals surface area (Å²) in [5, 5.41) is 3.15. The molecular weight excluding hydrogens is 394 g/mol. The fourth-order valence-corrected chi connectivity index (χ4v) is 5.16. The third kappa shape index (κ3) is 6.18. The van der Waals surface area contributed by atoms with Crippen LogP contribution < -0.4 is 5.32 Å². The van der Waals surface area contributed by atoms with Crippen molar-refractivity contribution in [2.24, 2.45) is 5.92 Å². The monoisotopic (exact) mass is 427 g/mol. The van der Waals surface area contributed by atoms with Crippen molar-refractivity contribution < 1.29 is 13.2 Å². The van der Waals surface area contributed by atoms with Crippen LogP contribution in [-0.2, 0) is 15.6 Å². The highest BCUT2D eigenvalue weighted by atomic mass is 32.2. The molecular formula is C25H33NO3S. The summed E-state index contributed by atoms with van der Waals surface area (Å²) < 4.78 is 23.2. The number of sulfone groups is 1. The van der Waals surface area contributed by atoms with Crippen LogP contribution >= 0.6 is 0 Å². The number of carbonyl (C=O) groups is 1. The van der Waals surface area contributed by atoms with Crippen LogP contribution in [0.5, 0.6) is 0 Å². The Balaban J connectivity index is 1.74. The average Bonchev–Trinajstić information content (AvgIpc) is 2.71. The second-order valence-corrected chi connectivity index (χ2v) is 11.1. The minimum absolute atomic E-state index is 0.0651. The highest BCUT2D eigenvalue weighted by molar-refractivity contribution is 7.89. The molecule has 0 bridgehead atoms. The van der Waals surface area contributed by atoms with Gasteiger partial charge in [0.2, 0.25) is 0 Å². The Kier molecular flexibility index (Phi) is 7.35. The van der Waals surface area contributed by atoms with Crippen molar-refractivity contribution in [1.82, 2.24) is 5.32 Å². The third-order valence-corrected chi connectivity index (χ3v) is 6.80. The first-order valence-electron chi connectivity index (χ1n) is 10.9. The Labute approximate surface area is 181 Å². The van der Waals surface area contributed by atoms with Gasteiger partial charge < -0.3 is 5.32 Å². The van der Waals surface area contributed by atoms with Gasteiger partial charge in [-0.3, -0.25) is 4.79 Å². The van der Waals surface area contributed by atoms with E-state index in [1.54, 1.807) is 24.3 Å². The molecule has 1 unspecified atom stereocenters. The Bertz CT molecular complexity index is 958.